The predicted molar refractivity (Wildman–Crippen MR) is 114 cm³/mol. The smallest absolute Gasteiger partial charge is 0.417 e. The number of hydrogen-bond acceptors (Lipinski definition) is 4. The highest BCUT2D eigenvalue weighted by Gasteiger charge is 2.34. The van der Waals surface area contributed by atoms with Crippen LogP contribution in [0.25, 0.3) is 21.2 Å². The number of aliphatic hydroxyl groups excluding tert-OH is 1. The summed E-state index contributed by atoms with van der Waals surface area (Å²) in [5.74, 6) is 0.478. The van der Waals surface area contributed by atoms with E-state index in [1.165, 1.54) is 23.5 Å². The van der Waals surface area contributed by atoms with Crippen LogP contribution in [0, 0.1) is 3.82 Å². The zero-order chi connectivity index (χ0) is 21.0. The maximum absolute atomic E-state index is 13.8. The standard InChI is InChI=1S/C22H21F3O2S2/c1-2-3-4-5-14-6-9-17(19(10-14)22(23,24)25)18-11-15-7-8-16(27-13-26)12-20(15)29-21(18)28/h6-12,26H,2-5,13H2,1H3. The van der Waals surface area contributed by atoms with Crippen LogP contribution < -0.4 is 4.74 Å². The Morgan fingerprint density at radius 1 is 1.03 bits per heavy atom. The first kappa shape index (κ1) is 21.7. The van der Waals surface area contributed by atoms with Crippen molar-refractivity contribution in [1.29, 1.82) is 0 Å². The van der Waals surface area contributed by atoms with E-state index in [0.717, 1.165) is 29.3 Å². The van der Waals surface area contributed by atoms with Gasteiger partial charge in [-0.15, -0.1) is 11.3 Å². The molecule has 3 aromatic rings. The van der Waals surface area contributed by atoms with Gasteiger partial charge in [-0.25, -0.2) is 0 Å². The molecule has 0 atom stereocenters. The van der Waals surface area contributed by atoms with Gasteiger partial charge in [0, 0.05) is 10.3 Å². The van der Waals surface area contributed by atoms with Crippen molar-refractivity contribution >= 4 is 33.6 Å². The summed E-state index contributed by atoms with van der Waals surface area (Å²) in [5, 5.41) is 9.66. The predicted octanol–water partition coefficient (Wildman–Crippen LogP) is 7.38. The average Bonchev–Trinajstić information content (AvgIpc) is 2.67. The largest absolute Gasteiger partial charge is 0.468 e. The molecule has 0 unspecified atom stereocenters. The van der Waals surface area contributed by atoms with Crippen LogP contribution in [0.3, 0.4) is 0 Å². The Bertz CT molecular complexity index is 1060. The molecule has 1 N–H and O–H groups in total. The first-order chi connectivity index (χ1) is 13.8. The van der Waals surface area contributed by atoms with Crippen molar-refractivity contribution in [3.05, 3.63) is 57.4 Å². The van der Waals surface area contributed by atoms with E-state index in [9.17, 15) is 13.2 Å². The number of ether oxygens (including phenoxy) is 1. The quantitative estimate of drug-likeness (QED) is 0.237. The summed E-state index contributed by atoms with van der Waals surface area (Å²) in [6.07, 6.45) is -0.946. The van der Waals surface area contributed by atoms with Gasteiger partial charge in [0.1, 0.15) is 5.75 Å². The molecule has 0 bridgehead atoms. The SMILES string of the molecule is CCCCCc1ccc(-c2cc3ccc(OCO)cc3sc2=S)c(C(F)(F)F)c1. The van der Waals surface area contributed by atoms with Crippen molar-refractivity contribution in [2.75, 3.05) is 6.79 Å². The van der Waals surface area contributed by atoms with Crippen LogP contribution in [0.5, 0.6) is 5.75 Å². The zero-order valence-electron chi connectivity index (χ0n) is 15.9. The molecule has 29 heavy (non-hydrogen) atoms. The number of hydrogen-bond donors (Lipinski definition) is 1. The fourth-order valence-electron chi connectivity index (χ4n) is 3.24. The summed E-state index contributed by atoms with van der Waals surface area (Å²) < 4.78 is 47.7. The summed E-state index contributed by atoms with van der Waals surface area (Å²) in [7, 11) is 0. The minimum Gasteiger partial charge on any atom is -0.468 e. The average molecular weight is 439 g/mol. The molecule has 0 radical (unpaired) electrons. The first-order valence-corrected chi connectivity index (χ1v) is 10.6. The normalized spacial score (nSPS) is 11.8. The minimum atomic E-state index is -4.46. The van der Waals surface area contributed by atoms with Gasteiger partial charge in [-0.3, -0.25) is 0 Å². The Morgan fingerprint density at radius 2 is 1.83 bits per heavy atom. The lowest BCUT2D eigenvalue weighted by Crippen LogP contribution is -2.08. The van der Waals surface area contributed by atoms with E-state index in [4.69, 9.17) is 22.1 Å². The second-order valence-corrected chi connectivity index (χ2v) is 8.47. The molecule has 0 spiro atoms. The number of alkyl halides is 3. The van der Waals surface area contributed by atoms with Gasteiger partial charge >= 0.3 is 6.18 Å². The Labute approximate surface area is 176 Å². The van der Waals surface area contributed by atoms with Crippen LogP contribution in [0.1, 0.15) is 37.3 Å². The van der Waals surface area contributed by atoms with E-state index in [1.54, 1.807) is 30.3 Å². The summed E-state index contributed by atoms with van der Waals surface area (Å²) in [4.78, 5) is 0. The molecule has 0 saturated heterocycles. The summed E-state index contributed by atoms with van der Waals surface area (Å²) >= 11 is 6.66. The van der Waals surface area contributed by atoms with Crippen molar-refractivity contribution in [2.45, 2.75) is 38.8 Å². The number of halogens is 3. The molecule has 1 heterocycles. The molecular formula is C22H21F3O2S2. The molecule has 0 amide bonds. The molecule has 3 rings (SSSR count). The molecule has 2 nitrogen and oxygen atoms in total. The van der Waals surface area contributed by atoms with Crippen LogP contribution in [0.2, 0.25) is 0 Å². The first-order valence-electron chi connectivity index (χ1n) is 9.35. The van der Waals surface area contributed by atoms with Gasteiger partial charge < -0.3 is 9.84 Å². The number of aliphatic hydroxyl groups is 1. The van der Waals surface area contributed by atoms with E-state index >= 15 is 0 Å². The van der Waals surface area contributed by atoms with Crippen LogP contribution in [0.15, 0.2) is 42.5 Å². The van der Waals surface area contributed by atoms with E-state index < -0.39 is 18.5 Å². The van der Waals surface area contributed by atoms with Crippen LogP contribution in [0.4, 0.5) is 13.2 Å². The fourth-order valence-corrected chi connectivity index (χ4v) is 4.58. The van der Waals surface area contributed by atoms with Gasteiger partial charge in [0.2, 0.25) is 0 Å². The fraction of sp³-hybridized carbons (Fsp3) is 0.318. The van der Waals surface area contributed by atoms with Gasteiger partial charge in [0.05, 0.1) is 9.39 Å². The van der Waals surface area contributed by atoms with Gasteiger partial charge in [-0.2, -0.15) is 13.2 Å². The molecule has 7 heteroatoms. The lowest BCUT2D eigenvalue weighted by Gasteiger charge is -2.15. The van der Waals surface area contributed by atoms with Crippen molar-refractivity contribution in [1.82, 2.24) is 0 Å². The van der Waals surface area contributed by atoms with Crippen molar-refractivity contribution < 1.29 is 23.0 Å². The monoisotopic (exact) mass is 438 g/mol. The highest BCUT2D eigenvalue weighted by atomic mass is 32.1. The van der Waals surface area contributed by atoms with E-state index in [2.05, 4.69) is 6.92 Å². The molecule has 0 fully saturated rings. The summed E-state index contributed by atoms with van der Waals surface area (Å²) in [6, 6.07) is 11.4. The van der Waals surface area contributed by atoms with E-state index in [-0.39, 0.29) is 5.56 Å². The number of unbranched alkanes of at least 4 members (excludes halogenated alkanes) is 2. The van der Waals surface area contributed by atoms with E-state index in [0.29, 0.717) is 27.1 Å². The second kappa shape index (κ2) is 9.24. The van der Waals surface area contributed by atoms with Crippen LogP contribution in [-0.4, -0.2) is 11.9 Å². The van der Waals surface area contributed by atoms with Crippen molar-refractivity contribution in [2.24, 2.45) is 0 Å². The maximum Gasteiger partial charge on any atom is 0.417 e. The van der Waals surface area contributed by atoms with Gasteiger partial charge in [-0.05, 0) is 59.7 Å². The third-order valence-corrected chi connectivity index (χ3v) is 6.14. The van der Waals surface area contributed by atoms with Crippen molar-refractivity contribution in [3.63, 3.8) is 0 Å². The maximum atomic E-state index is 13.8. The number of rotatable bonds is 7. The third kappa shape index (κ3) is 5.15. The topological polar surface area (TPSA) is 29.5 Å². The highest BCUT2D eigenvalue weighted by molar-refractivity contribution is 7.74. The molecular weight excluding hydrogens is 417 g/mol. The molecule has 1 aromatic heterocycles. The van der Waals surface area contributed by atoms with E-state index in [1.807, 2.05) is 0 Å². The second-order valence-electron chi connectivity index (χ2n) is 6.76. The Balaban J connectivity index is 2.08. The molecule has 2 aromatic carbocycles. The molecule has 0 aliphatic carbocycles. The number of fused-ring (bicyclic) bond motifs is 1. The minimum absolute atomic E-state index is 0.107. The van der Waals surface area contributed by atoms with Crippen LogP contribution in [-0.2, 0) is 12.6 Å². The molecule has 0 aliphatic heterocycles. The lowest BCUT2D eigenvalue weighted by molar-refractivity contribution is -0.137. The third-order valence-electron chi connectivity index (χ3n) is 4.69. The Hall–Kier alpha value is -1.96. The zero-order valence-corrected chi connectivity index (χ0v) is 17.5. The number of aryl methyl sites for hydroxylation is 1. The molecule has 0 aliphatic rings. The Kier molecular flexibility index (Phi) is 6.93. The van der Waals surface area contributed by atoms with Crippen molar-refractivity contribution in [3.8, 4) is 16.9 Å². The molecule has 154 valence electrons. The van der Waals surface area contributed by atoms with Gasteiger partial charge in [0.15, 0.2) is 6.79 Å². The lowest BCUT2D eigenvalue weighted by atomic mass is 9.96. The molecule has 0 saturated carbocycles. The number of benzene rings is 2. The van der Waals surface area contributed by atoms with Gasteiger partial charge in [-0.1, -0.05) is 44.1 Å². The summed E-state index contributed by atoms with van der Waals surface area (Å²) in [6.45, 7) is 1.61. The van der Waals surface area contributed by atoms with Crippen LogP contribution >= 0.6 is 23.6 Å². The summed E-state index contributed by atoms with van der Waals surface area (Å²) in [5.41, 5.74) is 0.552. The Morgan fingerprint density at radius 3 is 2.52 bits per heavy atom. The highest BCUT2D eigenvalue weighted by Crippen LogP contribution is 2.40. The van der Waals surface area contributed by atoms with Gasteiger partial charge in [0.25, 0.3) is 0 Å².